The van der Waals surface area contributed by atoms with Gasteiger partial charge in [-0.3, -0.25) is 10.1 Å². The molecule has 0 bridgehead atoms. The van der Waals surface area contributed by atoms with Gasteiger partial charge in [-0.2, -0.15) is 0 Å². The van der Waals surface area contributed by atoms with Crippen LogP contribution in [0.15, 0.2) is 12.1 Å². The van der Waals surface area contributed by atoms with E-state index in [0.29, 0.717) is 41.3 Å². The lowest BCUT2D eigenvalue weighted by molar-refractivity contribution is -0.286. The number of rotatable bonds is 2. The third-order valence-corrected chi connectivity index (χ3v) is 5.19. The number of benzene rings is 1. The smallest absolute Gasteiger partial charge is 0.481 e. The molecule has 1 aromatic carbocycles. The van der Waals surface area contributed by atoms with Gasteiger partial charge in [-0.05, 0) is 12.8 Å². The maximum atomic E-state index is 13.1. The highest BCUT2D eigenvalue weighted by atomic mass is 32.1. The van der Waals surface area contributed by atoms with Crippen molar-refractivity contribution < 1.29 is 33.0 Å². The molecule has 1 fully saturated rings. The summed E-state index contributed by atoms with van der Waals surface area (Å²) in [4.78, 5) is 29.0. The van der Waals surface area contributed by atoms with Gasteiger partial charge in [0.25, 0.3) is 0 Å². The molecule has 0 saturated carbocycles. The summed E-state index contributed by atoms with van der Waals surface area (Å²) < 4.78 is 35.5. The van der Waals surface area contributed by atoms with Crippen LogP contribution in [-0.4, -0.2) is 46.4 Å². The van der Waals surface area contributed by atoms with Gasteiger partial charge in [0.15, 0.2) is 16.6 Å². The number of carbonyl (C=O) groups is 2. The number of aliphatic carboxylic acids is 1. The van der Waals surface area contributed by atoms with Crippen LogP contribution in [0.2, 0.25) is 0 Å². The molecule has 2 N–H and O–H groups in total. The molecule has 26 heavy (non-hydrogen) atoms. The first kappa shape index (κ1) is 16.8. The first-order chi connectivity index (χ1) is 12.3. The summed E-state index contributed by atoms with van der Waals surface area (Å²) in [6, 6.07) is 2.34. The van der Waals surface area contributed by atoms with Gasteiger partial charge in [0, 0.05) is 25.2 Å². The normalized spacial score (nSPS) is 18.9. The predicted octanol–water partition coefficient (Wildman–Crippen LogP) is 2.95. The Labute approximate surface area is 149 Å². The van der Waals surface area contributed by atoms with Gasteiger partial charge in [-0.1, -0.05) is 11.3 Å². The van der Waals surface area contributed by atoms with Crippen molar-refractivity contribution in [2.24, 2.45) is 5.92 Å². The second-order valence-corrected chi connectivity index (χ2v) is 7.01. The van der Waals surface area contributed by atoms with Gasteiger partial charge in [0.05, 0.1) is 16.1 Å². The Balaban J connectivity index is 1.45. The van der Waals surface area contributed by atoms with E-state index in [2.05, 4.69) is 19.8 Å². The largest absolute Gasteiger partial charge is 0.586 e. The molecule has 2 aliphatic rings. The lowest BCUT2D eigenvalue weighted by atomic mass is 9.97. The molecule has 2 aromatic rings. The Bertz CT molecular complexity index is 850. The summed E-state index contributed by atoms with van der Waals surface area (Å²) in [5, 5.41) is 11.9. The van der Waals surface area contributed by atoms with Crippen molar-refractivity contribution >= 4 is 38.7 Å². The topological polar surface area (TPSA) is 101 Å². The zero-order valence-electron chi connectivity index (χ0n) is 13.2. The predicted molar refractivity (Wildman–Crippen MR) is 86.8 cm³/mol. The Kier molecular flexibility index (Phi) is 3.83. The standard InChI is InChI=1S/C15H13F2N3O5S/c16-15(17)24-9-5-8-11(6-10(9)25-15)26-13(18-8)19-14(23)20-3-1-7(2-4-20)12(21)22/h5-7H,1-4H2,(H,21,22)(H,18,19,23). The second kappa shape index (κ2) is 5.94. The number of fused-ring (bicyclic) bond motifs is 2. The highest BCUT2D eigenvalue weighted by Gasteiger charge is 2.43. The number of carbonyl (C=O) groups excluding carboxylic acids is 1. The maximum Gasteiger partial charge on any atom is 0.586 e. The zero-order valence-corrected chi connectivity index (χ0v) is 14.0. The van der Waals surface area contributed by atoms with E-state index < -0.39 is 18.2 Å². The van der Waals surface area contributed by atoms with Gasteiger partial charge in [-0.15, -0.1) is 8.78 Å². The number of nitrogens with one attached hydrogen (secondary N) is 1. The lowest BCUT2D eigenvalue weighted by Crippen LogP contribution is -2.42. The molecule has 138 valence electrons. The van der Waals surface area contributed by atoms with E-state index in [-0.39, 0.29) is 17.5 Å². The molecule has 0 unspecified atom stereocenters. The Morgan fingerprint density at radius 2 is 1.92 bits per heavy atom. The van der Waals surface area contributed by atoms with Gasteiger partial charge < -0.3 is 19.5 Å². The number of urea groups is 1. The molecule has 0 spiro atoms. The molecule has 4 rings (SSSR count). The number of thiazole rings is 1. The summed E-state index contributed by atoms with van der Waals surface area (Å²) in [6.07, 6.45) is -2.89. The molecule has 3 heterocycles. The van der Waals surface area contributed by atoms with Crippen LogP contribution in [-0.2, 0) is 4.79 Å². The van der Waals surface area contributed by atoms with E-state index >= 15 is 0 Å². The maximum absolute atomic E-state index is 13.1. The van der Waals surface area contributed by atoms with Crippen molar-refractivity contribution in [3.05, 3.63) is 12.1 Å². The Morgan fingerprint density at radius 3 is 2.58 bits per heavy atom. The van der Waals surface area contributed by atoms with E-state index in [1.165, 1.54) is 17.0 Å². The van der Waals surface area contributed by atoms with Gasteiger partial charge in [0.1, 0.15) is 0 Å². The van der Waals surface area contributed by atoms with Crippen LogP contribution in [0.4, 0.5) is 18.7 Å². The SMILES string of the molecule is O=C(O)C1CCN(C(=O)Nc2nc3cc4c(cc3s2)OC(F)(F)O4)CC1. The fraction of sp³-hybridized carbons (Fsp3) is 0.400. The van der Waals surface area contributed by atoms with Crippen molar-refractivity contribution in [3.63, 3.8) is 0 Å². The monoisotopic (exact) mass is 385 g/mol. The summed E-state index contributed by atoms with van der Waals surface area (Å²) in [7, 11) is 0. The molecule has 11 heteroatoms. The van der Waals surface area contributed by atoms with E-state index in [4.69, 9.17) is 5.11 Å². The van der Waals surface area contributed by atoms with Crippen LogP contribution in [0.3, 0.4) is 0 Å². The third kappa shape index (κ3) is 3.09. The molecule has 1 aromatic heterocycles. The third-order valence-electron chi connectivity index (χ3n) is 4.26. The number of ether oxygens (including phenoxy) is 2. The molecule has 0 radical (unpaired) electrons. The highest BCUT2D eigenvalue weighted by Crippen LogP contribution is 2.44. The molecule has 2 amide bonds. The fourth-order valence-corrected chi connectivity index (χ4v) is 3.79. The number of halogens is 2. The van der Waals surface area contributed by atoms with E-state index in [1.54, 1.807) is 0 Å². The molecule has 1 saturated heterocycles. The number of alkyl halides is 2. The number of nitrogens with zero attached hydrogens (tertiary/aromatic N) is 2. The van der Waals surface area contributed by atoms with Crippen molar-refractivity contribution in [2.45, 2.75) is 19.1 Å². The van der Waals surface area contributed by atoms with E-state index in [9.17, 15) is 18.4 Å². The van der Waals surface area contributed by atoms with Crippen molar-refractivity contribution in [1.29, 1.82) is 0 Å². The minimum Gasteiger partial charge on any atom is -0.481 e. The minimum atomic E-state index is -3.69. The van der Waals surface area contributed by atoms with Crippen molar-refractivity contribution in [2.75, 3.05) is 18.4 Å². The van der Waals surface area contributed by atoms with Crippen LogP contribution in [0.5, 0.6) is 11.5 Å². The van der Waals surface area contributed by atoms with E-state index in [1.807, 2.05) is 0 Å². The van der Waals surface area contributed by atoms with Gasteiger partial charge in [-0.25, -0.2) is 9.78 Å². The quantitative estimate of drug-likeness (QED) is 0.824. The van der Waals surface area contributed by atoms with Crippen LogP contribution in [0.25, 0.3) is 10.2 Å². The summed E-state index contributed by atoms with van der Waals surface area (Å²) in [6.45, 7) is 0.692. The average molecular weight is 385 g/mol. The number of carboxylic acid groups (broad SMARTS) is 1. The molecule has 8 nitrogen and oxygen atoms in total. The number of amides is 2. The first-order valence-electron chi connectivity index (χ1n) is 7.80. The van der Waals surface area contributed by atoms with Gasteiger partial charge in [0.2, 0.25) is 0 Å². The highest BCUT2D eigenvalue weighted by molar-refractivity contribution is 7.22. The average Bonchev–Trinajstić information content (AvgIpc) is 3.09. The summed E-state index contributed by atoms with van der Waals surface area (Å²) in [5.74, 6) is -1.47. The number of carboxylic acids is 1. The van der Waals surface area contributed by atoms with Crippen LogP contribution in [0.1, 0.15) is 12.8 Å². The van der Waals surface area contributed by atoms with Crippen molar-refractivity contribution in [3.8, 4) is 11.5 Å². The molecular formula is C15H13F2N3O5S. The zero-order chi connectivity index (χ0) is 18.5. The minimum absolute atomic E-state index is 0.0835. The Hall–Kier alpha value is -2.69. The van der Waals surface area contributed by atoms with Crippen LogP contribution < -0.4 is 14.8 Å². The van der Waals surface area contributed by atoms with E-state index in [0.717, 1.165) is 11.3 Å². The fourth-order valence-electron chi connectivity index (χ4n) is 2.93. The number of anilines is 1. The van der Waals surface area contributed by atoms with Crippen LogP contribution in [0, 0.1) is 5.92 Å². The number of aromatic nitrogens is 1. The summed E-state index contributed by atoms with van der Waals surface area (Å²) in [5.41, 5.74) is 0.398. The number of hydrogen-bond donors (Lipinski definition) is 2. The summed E-state index contributed by atoms with van der Waals surface area (Å²) >= 11 is 1.12. The second-order valence-electron chi connectivity index (χ2n) is 5.98. The molecular weight excluding hydrogens is 372 g/mol. The number of likely N-dealkylation sites (tertiary alicyclic amines) is 1. The number of piperidine rings is 1. The molecule has 0 atom stereocenters. The van der Waals surface area contributed by atoms with Gasteiger partial charge >= 0.3 is 18.3 Å². The molecule has 2 aliphatic heterocycles. The lowest BCUT2D eigenvalue weighted by Gasteiger charge is -2.29. The molecule has 0 aliphatic carbocycles. The van der Waals surface area contributed by atoms with Crippen LogP contribution >= 0.6 is 11.3 Å². The first-order valence-corrected chi connectivity index (χ1v) is 8.61. The van der Waals surface area contributed by atoms with Crippen molar-refractivity contribution in [1.82, 2.24) is 9.88 Å². The number of hydrogen-bond acceptors (Lipinski definition) is 6. The Morgan fingerprint density at radius 1 is 1.27 bits per heavy atom.